The molecule has 3 nitrogen and oxygen atoms in total. The highest BCUT2D eigenvalue weighted by Gasteiger charge is 2.17. The molecule has 1 amide bonds. The zero-order valence-electron chi connectivity index (χ0n) is 12.7. The molecule has 1 aromatic carbocycles. The van der Waals surface area contributed by atoms with Crippen molar-refractivity contribution in [3.63, 3.8) is 0 Å². The van der Waals surface area contributed by atoms with E-state index < -0.39 is 0 Å². The van der Waals surface area contributed by atoms with Crippen LogP contribution in [0.15, 0.2) is 24.3 Å². The van der Waals surface area contributed by atoms with E-state index >= 15 is 0 Å². The molecule has 2 N–H and O–H groups in total. The van der Waals surface area contributed by atoms with Crippen LogP contribution in [0.1, 0.15) is 31.7 Å². The molecule has 1 aromatic rings. The maximum Gasteiger partial charge on any atom is 0.222 e. The molecular formula is C17H25FN2O. The lowest BCUT2D eigenvalue weighted by Crippen LogP contribution is -2.39. The molecule has 1 aliphatic rings. The molecule has 21 heavy (non-hydrogen) atoms. The number of piperidine rings is 1. The topological polar surface area (TPSA) is 41.1 Å². The van der Waals surface area contributed by atoms with Crippen LogP contribution in [0.25, 0.3) is 0 Å². The van der Waals surface area contributed by atoms with Crippen molar-refractivity contribution in [1.82, 2.24) is 10.6 Å². The van der Waals surface area contributed by atoms with Gasteiger partial charge in [0.1, 0.15) is 5.82 Å². The van der Waals surface area contributed by atoms with E-state index in [1.165, 1.54) is 18.9 Å². The molecule has 0 spiro atoms. The Hall–Kier alpha value is -1.42. The number of nitrogens with one attached hydrogen (secondary N) is 2. The van der Waals surface area contributed by atoms with Crippen molar-refractivity contribution in [1.29, 1.82) is 0 Å². The summed E-state index contributed by atoms with van der Waals surface area (Å²) in [5.41, 5.74) is 0.950. The number of rotatable bonds is 6. The molecule has 2 rings (SSSR count). The van der Waals surface area contributed by atoms with E-state index in [0.29, 0.717) is 5.92 Å². The standard InChI is InChI=1S/C17H25FN2O/c1-13(7-8-14-4-2-6-16(18)10-14)17(21)20-12-15-5-3-9-19-11-15/h2,4,6,10,13,15,19H,3,5,7-9,11-12H2,1H3,(H,20,21). The number of hydrogen-bond acceptors (Lipinski definition) is 2. The van der Waals surface area contributed by atoms with Gasteiger partial charge in [0.15, 0.2) is 0 Å². The number of halogens is 1. The Bertz CT molecular complexity index is 458. The first-order valence-corrected chi connectivity index (χ1v) is 7.88. The molecule has 0 saturated carbocycles. The molecule has 1 heterocycles. The first kappa shape index (κ1) is 16.0. The molecule has 0 bridgehead atoms. The Kier molecular flexibility index (Phi) is 6.18. The molecule has 0 aromatic heterocycles. The number of benzene rings is 1. The van der Waals surface area contributed by atoms with E-state index in [-0.39, 0.29) is 17.6 Å². The van der Waals surface area contributed by atoms with Crippen LogP contribution in [0.4, 0.5) is 4.39 Å². The summed E-state index contributed by atoms with van der Waals surface area (Å²) < 4.78 is 13.1. The minimum atomic E-state index is -0.214. The van der Waals surface area contributed by atoms with Crippen molar-refractivity contribution < 1.29 is 9.18 Å². The zero-order valence-corrected chi connectivity index (χ0v) is 12.7. The van der Waals surface area contributed by atoms with Gasteiger partial charge in [-0.15, -0.1) is 0 Å². The highest BCUT2D eigenvalue weighted by molar-refractivity contribution is 5.78. The summed E-state index contributed by atoms with van der Waals surface area (Å²) >= 11 is 0. The third-order valence-corrected chi connectivity index (χ3v) is 4.17. The van der Waals surface area contributed by atoms with Crippen LogP contribution < -0.4 is 10.6 Å². The summed E-state index contributed by atoms with van der Waals surface area (Å²) in [5, 5.41) is 6.40. The van der Waals surface area contributed by atoms with Gasteiger partial charge in [0.25, 0.3) is 0 Å². The molecule has 2 atom stereocenters. The molecule has 2 unspecified atom stereocenters. The Balaban J connectivity index is 1.69. The largest absolute Gasteiger partial charge is 0.356 e. The lowest BCUT2D eigenvalue weighted by atomic mass is 9.98. The van der Waals surface area contributed by atoms with Gasteiger partial charge in [-0.2, -0.15) is 0 Å². The van der Waals surface area contributed by atoms with E-state index in [9.17, 15) is 9.18 Å². The summed E-state index contributed by atoms with van der Waals surface area (Å²) in [6, 6.07) is 6.60. The third-order valence-electron chi connectivity index (χ3n) is 4.17. The van der Waals surface area contributed by atoms with E-state index in [1.54, 1.807) is 12.1 Å². The van der Waals surface area contributed by atoms with Gasteiger partial charge < -0.3 is 10.6 Å². The molecule has 4 heteroatoms. The highest BCUT2D eigenvalue weighted by atomic mass is 19.1. The predicted molar refractivity (Wildman–Crippen MR) is 82.5 cm³/mol. The molecule has 0 aliphatic carbocycles. The first-order valence-electron chi connectivity index (χ1n) is 7.88. The average Bonchev–Trinajstić information content (AvgIpc) is 2.51. The molecule has 1 aliphatic heterocycles. The normalized spacial score (nSPS) is 20.0. The van der Waals surface area contributed by atoms with Crippen LogP contribution in [0.5, 0.6) is 0 Å². The minimum absolute atomic E-state index is 0.0372. The summed E-state index contributed by atoms with van der Waals surface area (Å²) in [7, 11) is 0. The van der Waals surface area contributed by atoms with Gasteiger partial charge in [0, 0.05) is 12.5 Å². The summed E-state index contributed by atoms with van der Waals surface area (Å²) in [6.07, 6.45) is 3.86. The Labute approximate surface area is 126 Å². The predicted octanol–water partition coefficient (Wildman–Crippen LogP) is 2.51. The third kappa shape index (κ3) is 5.46. The quantitative estimate of drug-likeness (QED) is 0.846. The van der Waals surface area contributed by atoms with E-state index in [0.717, 1.165) is 38.0 Å². The van der Waals surface area contributed by atoms with E-state index in [2.05, 4.69) is 10.6 Å². The van der Waals surface area contributed by atoms with Gasteiger partial charge >= 0.3 is 0 Å². The van der Waals surface area contributed by atoms with Crippen LogP contribution in [0.3, 0.4) is 0 Å². The van der Waals surface area contributed by atoms with Crippen LogP contribution in [-0.4, -0.2) is 25.5 Å². The molecule has 1 fully saturated rings. The molecule has 116 valence electrons. The monoisotopic (exact) mass is 292 g/mol. The summed E-state index contributed by atoms with van der Waals surface area (Å²) in [5.74, 6) is 0.411. The van der Waals surface area contributed by atoms with E-state index in [4.69, 9.17) is 0 Å². The van der Waals surface area contributed by atoms with Gasteiger partial charge in [-0.3, -0.25) is 4.79 Å². The second-order valence-corrected chi connectivity index (χ2v) is 6.03. The second-order valence-electron chi connectivity index (χ2n) is 6.03. The van der Waals surface area contributed by atoms with Crippen molar-refractivity contribution in [2.75, 3.05) is 19.6 Å². The maximum absolute atomic E-state index is 13.1. The maximum atomic E-state index is 13.1. The van der Waals surface area contributed by atoms with Gasteiger partial charge in [-0.05, 0) is 62.4 Å². The Morgan fingerprint density at radius 3 is 3.10 bits per heavy atom. The lowest BCUT2D eigenvalue weighted by Gasteiger charge is -2.23. The minimum Gasteiger partial charge on any atom is -0.356 e. The first-order chi connectivity index (χ1) is 10.1. The number of aryl methyl sites for hydroxylation is 1. The fourth-order valence-electron chi connectivity index (χ4n) is 2.72. The number of carbonyl (C=O) groups is 1. The van der Waals surface area contributed by atoms with Gasteiger partial charge in [-0.25, -0.2) is 4.39 Å². The SMILES string of the molecule is CC(CCc1cccc(F)c1)C(=O)NCC1CCCNC1. The summed E-state index contributed by atoms with van der Waals surface area (Å²) in [6.45, 7) is 4.79. The van der Waals surface area contributed by atoms with Gasteiger partial charge in [0.2, 0.25) is 5.91 Å². The smallest absolute Gasteiger partial charge is 0.222 e. The lowest BCUT2D eigenvalue weighted by molar-refractivity contribution is -0.124. The average molecular weight is 292 g/mol. The van der Waals surface area contributed by atoms with Crippen LogP contribution in [0.2, 0.25) is 0 Å². The fourth-order valence-corrected chi connectivity index (χ4v) is 2.72. The van der Waals surface area contributed by atoms with Crippen LogP contribution in [0, 0.1) is 17.7 Å². The fraction of sp³-hybridized carbons (Fsp3) is 0.588. The van der Waals surface area contributed by atoms with Gasteiger partial charge in [-0.1, -0.05) is 19.1 Å². The molecular weight excluding hydrogens is 267 g/mol. The van der Waals surface area contributed by atoms with Crippen molar-refractivity contribution in [2.45, 2.75) is 32.6 Å². The highest BCUT2D eigenvalue weighted by Crippen LogP contribution is 2.12. The van der Waals surface area contributed by atoms with Crippen molar-refractivity contribution in [3.05, 3.63) is 35.6 Å². The molecule has 0 radical (unpaired) electrons. The zero-order chi connectivity index (χ0) is 15.1. The number of hydrogen-bond donors (Lipinski definition) is 2. The van der Waals surface area contributed by atoms with Crippen LogP contribution >= 0.6 is 0 Å². The molecule has 1 saturated heterocycles. The number of carbonyl (C=O) groups excluding carboxylic acids is 1. The Morgan fingerprint density at radius 1 is 1.52 bits per heavy atom. The number of amides is 1. The van der Waals surface area contributed by atoms with E-state index in [1.807, 2.05) is 13.0 Å². The van der Waals surface area contributed by atoms with Crippen molar-refractivity contribution >= 4 is 5.91 Å². The van der Waals surface area contributed by atoms with Crippen LogP contribution in [-0.2, 0) is 11.2 Å². The van der Waals surface area contributed by atoms with Crippen molar-refractivity contribution in [2.24, 2.45) is 11.8 Å². The second kappa shape index (κ2) is 8.13. The summed E-state index contributed by atoms with van der Waals surface area (Å²) in [4.78, 5) is 12.1. The van der Waals surface area contributed by atoms with Crippen molar-refractivity contribution in [3.8, 4) is 0 Å². The van der Waals surface area contributed by atoms with Gasteiger partial charge in [0.05, 0.1) is 0 Å². The Morgan fingerprint density at radius 2 is 2.38 bits per heavy atom.